The maximum absolute atomic E-state index is 13.0. The summed E-state index contributed by atoms with van der Waals surface area (Å²) in [6.07, 6.45) is 0. The van der Waals surface area contributed by atoms with E-state index in [0.717, 1.165) is 6.07 Å². The molecule has 0 aliphatic carbocycles. The van der Waals surface area contributed by atoms with Crippen LogP contribution in [0.1, 0.15) is 12.5 Å². The molecule has 2 aromatic rings. The number of halogens is 2. The second kappa shape index (κ2) is 8.18. The number of esters is 1. The number of ether oxygens (including phenoxy) is 3. The molecule has 0 saturated carbocycles. The summed E-state index contributed by atoms with van der Waals surface area (Å²) in [5.41, 5.74) is 0.277. The molecule has 0 atom stereocenters. The van der Waals surface area contributed by atoms with Crippen LogP contribution in [0.3, 0.4) is 0 Å². The molecule has 0 N–H and O–H groups in total. The van der Waals surface area contributed by atoms with Gasteiger partial charge in [0.1, 0.15) is 11.6 Å². The SMILES string of the molecule is CCOc1cc(C#N)cc(Cl)c1OC(=O)COc1cccc(F)c1. The van der Waals surface area contributed by atoms with Gasteiger partial charge in [0, 0.05) is 12.1 Å². The van der Waals surface area contributed by atoms with Crippen LogP contribution in [0.4, 0.5) is 4.39 Å². The van der Waals surface area contributed by atoms with E-state index in [2.05, 4.69) is 0 Å². The minimum absolute atomic E-state index is 0.00496. The lowest BCUT2D eigenvalue weighted by atomic mass is 10.2. The van der Waals surface area contributed by atoms with Crippen LogP contribution in [0, 0.1) is 17.1 Å². The average molecular weight is 350 g/mol. The zero-order valence-electron chi connectivity index (χ0n) is 12.7. The standard InChI is InChI=1S/C17H13ClFNO4/c1-2-22-15-7-11(9-20)6-14(18)17(15)24-16(21)10-23-13-5-3-4-12(19)8-13/h3-8H,2,10H2,1H3. The predicted molar refractivity (Wildman–Crippen MR) is 84.9 cm³/mol. The van der Waals surface area contributed by atoms with E-state index in [1.54, 1.807) is 6.92 Å². The first-order valence-corrected chi connectivity index (χ1v) is 7.36. The molecule has 2 aromatic carbocycles. The first-order chi connectivity index (χ1) is 11.5. The number of carbonyl (C=O) groups is 1. The maximum Gasteiger partial charge on any atom is 0.349 e. The predicted octanol–water partition coefficient (Wildman–Crippen LogP) is 3.73. The van der Waals surface area contributed by atoms with E-state index in [1.807, 2.05) is 6.07 Å². The van der Waals surface area contributed by atoms with Gasteiger partial charge in [-0.15, -0.1) is 0 Å². The highest BCUT2D eigenvalue weighted by atomic mass is 35.5. The highest BCUT2D eigenvalue weighted by Gasteiger charge is 2.17. The Hall–Kier alpha value is -2.78. The Morgan fingerprint density at radius 2 is 2.08 bits per heavy atom. The fraction of sp³-hybridized carbons (Fsp3) is 0.176. The van der Waals surface area contributed by atoms with Crippen molar-refractivity contribution >= 4 is 17.6 Å². The minimum Gasteiger partial charge on any atom is -0.490 e. The van der Waals surface area contributed by atoms with Crippen LogP contribution in [-0.2, 0) is 4.79 Å². The Morgan fingerprint density at radius 3 is 2.75 bits per heavy atom. The Bertz CT molecular complexity index is 789. The van der Waals surface area contributed by atoms with Crippen molar-refractivity contribution < 1.29 is 23.4 Å². The molecule has 5 nitrogen and oxygen atoms in total. The fourth-order valence-electron chi connectivity index (χ4n) is 1.84. The van der Waals surface area contributed by atoms with Gasteiger partial charge in [-0.05, 0) is 25.1 Å². The van der Waals surface area contributed by atoms with Crippen molar-refractivity contribution in [3.8, 4) is 23.3 Å². The molecule has 0 aromatic heterocycles. The molecule has 124 valence electrons. The molecule has 0 aliphatic rings. The molecule has 0 spiro atoms. The van der Waals surface area contributed by atoms with Gasteiger partial charge in [-0.1, -0.05) is 17.7 Å². The van der Waals surface area contributed by atoms with Gasteiger partial charge in [0.25, 0.3) is 0 Å². The smallest absolute Gasteiger partial charge is 0.349 e. The van der Waals surface area contributed by atoms with Crippen LogP contribution in [0.2, 0.25) is 5.02 Å². The van der Waals surface area contributed by atoms with Gasteiger partial charge in [-0.3, -0.25) is 0 Å². The molecule has 0 radical (unpaired) electrons. The Morgan fingerprint density at radius 1 is 1.29 bits per heavy atom. The number of benzene rings is 2. The molecule has 24 heavy (non-hydrogen) atoms. The number of hydrogen-bond donors (Lipinski definition) is 0. The molecule has 0 aliphatic heterocycles. The third kappa shape index (κ3) is 4.61. The third-order valence-electron chi connectivity index (χ3n) is 2.81. The van der Waals surface area contributed by atoms with E-state index in [-0.39, 0.29) is 27.8 Å². The van der Waals surface area contributed by atoms with Crippen molar-refractivity contribution in [3.63, 3.8) is 0 Å². The Kier molecular flexibility index (Phi) is 5.99. The van der Waals surface area contributed by atoms with E-state index in [9.17, 15) is 9.18 Å². The van der Waals surface area contributed by atoms with Crippen molar-refractivity contribution in [2.24, 2.45) is 0 Å². The summed E-state index contributed by atoms with van der Waals surface area (Å²) < 4.78 is 28.7. The molecule has 0 amide bonds. The molecule has 0 bridgehead atoms. The number of nitrogens with zero attached hydrogens (tertiary/aromatic N) is 1. The van der Waals surface area contributed by atoms with Gasteiger partial charge in [-0.25, -0.2) is 9.18 Å². The van der Waals surface area contributed by atoms with Gasteiger partial charge >= 0.3 is 5.97 Å². The molecule has 0 unspecified atom stereocenters. The molecular formula is C17H13ClFNO4. The zero-order valence-corrected chi connectivity index (χ0v) is 13.5. The van der Waals surface area contributed by atoms with E-state index in [4.69, 9.17) is 31.1 Å². The van der Waals surface area contributed by atoms with Gasteiger partial charge in [0.05, 0.1) is 23.3 Å². The van der Waals surface area contributed by atoms with Gasteiger partial charge in [-0.2, -0.15) is 5.26 Å². The van der Waals surface area contributed by atoms with Crippen molar-refractivity contribution in [1.29, 1.82) is 5.26 Å². The monoisotopic (exact) mass is 349 g/mol. The van der Waals surface area contributed by atoms with Crippen molar-refractivity contribution in [3.05, 3.63) is 52.8 Å². The highest BCUT2D eigenvalue weighted by Crippen LogP contribution is 2.36. The molecule has 7 heteroatoms. The van der Waals surface area contributed by atoms with E-state index in [0.29, 0.717) is 6.61 Å². The Labute approximate surface area is 143 Å². The largest absolute Gasteiger partial charge is 0.490 e. The van der Waals surface area contributed by atoms with Gasteiger partial charge in [0.2, 0.25) is 0 Å². The second-order valence-corrected chi connectivity index (χ2v) is 4.96. The lowest BCUT2D eigenvalue weighted by Crippen LogP contribution is -2.18. The summed E-state index contributed by atoms with van der Waals surface area (Å²) in [6.45, 7) is 1.60. The number of hydrogen-bond acceptors (Lipinski definition) is 5. The highest BCUT2D eigenvalue weighted by molar-refractivity contribution is 6.32. The first kappa shape index (κ1) is 17.6. The summed E-state index contributed by atoms with van der Waals surface area (Å²) in [5.74, 6) is -0.838. The molecule has 0 heterocycles. The quantitative estimate of drug-likeness (QED) is 0.587. The van der Waals surface area contributed by atoms with Crippen LogP contribution in [-0.4, -0.2) is 19.2 Å². The average Bonchev–Trinajstić information content (AvgIpc) is 2.56. The van der Waals surface area contributed by atoms with Gasteiger partial charge in [0.15, 0.2) is 18.1 Å². The lowest BCUT2D eigenvalue weighted by molar-refractivity contribution is -0.136. The van der Waals surface area contributed by atoms with Crippen LogP contribution in [0.25, 0.3) is 0 Å². The number of carbonyl (C=O) groups excluding carboxylic acids is 1. The van der Waals surface area contributed by atoms with Crippen LogP contribution >= 0.6 is 11.6 Å². The minimum atomic E-state index is -0.744. The van der Waals surface area contributed by atoms with Crippen molar-refractivity contribution in [2.75, 3.05) is 13.2 Å². The summed E-state index contributed by atoms with van der Waals surface area (Å²) in [5, 5.41) is 9.00. The third-order valence-corrected chi connectivity index (χ3v) is 3.09. The Balaban J connectivity index is 2.09. The van der Waals surface area contributed by atoms with E-state index >= 15 is 0 Å². The maximum atomic E-state index is 13.0. The van der Waals surface area contributed by atoms with Crippen molar-refractivity contribution in [2.45, 2.75) is 6.92 Å². The topological polar surface area (TPSA) is 68.5 Å². The molecule has 0 fully saturated rings. The van der Waals surface area contributed by atoms with Crippen LogP contribution in [0.15, 0.2) is 36.4 Å². The second-order valence-electron chi connectivity index (χ2n) is 4.55. The zero-order chi connectivity index (χ0) is 17.5. The molecular weight excluding hydrogens is 337 g/mol. The van der Waals surface area contributed by atoms with E-state index < -0.39 is 18.4 Å². The summed E-state index contributed by atoms with van der Waals surface area (Å²) in [4.78, 5) is 11.9. The number of rotatable bonds is 6. The summed E-state index contributed by atoms with van der Waals surface area (Å²) in [6, 6.07) is 10.1. The van der Waals surface area contributed by atoms with E-state index in [1.165, 1.54) is 30.3 Å². The van der Waals surface area contributed by atoms with Crippen LogP contribution < -0.4 is 14.2 Å². The summed E-state index contributed by atoms with van der Waals surface area (Å²) in [7, 11) is 0. The normalized spacial score (nSPS) is 9.92. The van der Waals surface area contributed by atoms with Crippen LogP contribution in [0.5, 0.6) is 17.2 Å². The summed E-state index contributed by atoms with van der Waals surface area (Å²) >= 11 is 6.03. The van der Waals surface area contributed by atoms with Gasteiger partial charge < -0.3 is 14.2 Å². The molecule has 0 saturated heterocycles. The first-order valence-electron chi connectivity index (χ1n) is 6.99. The fourth-order valence-corrected chi connectivity index (χ4v) is 2.09. The lowest BCUT2D eigenvalue weighted by Gasteiger charge is -2.13. The number of nitriles is 1. The van der Waals surface area contributed by atoms with Crippen molar-refractivity contribution in [1.82, 2.24) is 0 Å². The molecule has 2 rings (SSSR count).